The normalized spacial score (nSPS) is 10.7. The first-order valence-corrected chi connectivity index (χ1v) is 6.30. The molecule has 2 aromatic carbocycles. The van der Waals surface area contributed by atoms with Crippen LogP contribution in [0.5, 0.6) is 11.5 Å². The highest BCUT2D eigenvalue weighted by molar-refractivity contribution is 6.35. The number of ketones is 1. The molecular weight excluding hydrogens is 254 g/mol. The molecule has 0 saturated heterocycles. The van der Waals surface area contributed by atoms with E-state index < -0.39 is 0 Å². The van der Waals surface area contributed by atoms with E-state index in [1.165, 1.54) is 12.3 Å². The maximum Gasteiger partial charge on any atom is 0.204 e. The number of benzene rings is 2. The molecular formula is C16H15NO3. The van der Waals surface area contributed by atoms with Crippen molar-refractivity contribution >= 4 is 17.7 Å². The lowest BCUT2D eigenvalue weighted by Crippen LogP contribution is -2.00. The van der Waals surface area contributed by atoms with Crippen LogP contribution < -0.4 is 4.74 Å². The van der Waals surface area contributed by atoms with E-state index in [1.807, 2.05) is 6.92 Å². The van der Waals surface area contributed by atoms with Gasteiger partial charge in [0.25, 0.3) is 0 Å². The van der Waals surface area contributed by atoms with Crippen molar-refractivity contribution in [1.29, 1.82) is 0 Å². The average Bonchev–Trinajstić information content (AvgIpc) is 2.47. The van der Waals surface area contributed by atoms with Gasteiger partial charge in [-0.3, -0.25) is 4.79 Å². The molecule has 1 N–H and O–H groups in total. The van der Waals surface area contributed by atoms with Crippen LogP contribution in [0.4, 0.5) is 5.69 Å². The van der Waals surface area contributed by atoms with E-state index in [4.69, 9.17) is 4.74 Å². The molecule has 0 heterocycles. The zero-order valence-electron chi connectivity index (χ0n) is 11.1. The fourth-order valence-electron chi connectivity index (χ4n) is 1.66. The van der Waals surface area contributed by atoms with E-state index in [9.17, 15) is 9.90 Å². The second-order valence-corrected chi connectivity index (χ2v) is 4.07. The SMILES string of the molecule is CCOc1ccc(C(=O)C=Nc2ccccc2O)cc1. The summed E-state index contributed by atoms with van der Waals surface area (Å²) in [5.41, 5.74) is 0.888. The number of carbonyl (C=O) groups is 1. The Morgan fingerprint density at radius 2 is 1.90 bits per heavy atom. The standard InChI is InChI=1S/C16H15NO3/c1-2-20-13-9-7-12(8-10-13)16(19)11-17-14-5-3-4-6-15(14)18/h3-11,18H,2H2,1H3. The molecule has 2 aromatic rings. The summed E-state index contributed by atoms with van der Waals surface area (Å²) in [5, 5.41) is 9.55. The van der Waals surface area contributed by atoms with Crippen LogP contribution >= 0.6 is 0 Å². The summed E-state index contributed by atoms with van der Waals surface area (Å²) in [4.78, 5) is 15.9. The number of hydrogen-bond acceptors (Lipinski definition) is 4. The predicted molar refractivity (Wildman–Crippen MR) is 78.2 cm³/mol. The number of nitrogens with zero attached hydrogens (tertiary/aromatic N) is 1. The Morgan fingerprint density at radius 3 is 2.55 bits per heavy atom. The minimum Gasteiger partial charge on any atom is -0.506 e. The molecule has 0 aliphatic carbocycles. The van der Waals surface area contributed by atoms with Gasteiger partial charge >= 0.3 is 0 Å². The Kier molecular flexibility index (Phi) is 4.50. The number of para-hydroxylation sites is 2. The molecule has 0 amide bonds. The van der Waals surface area contributed by atoms with Gasteiger partial charge in [0, 0.05) is 5.56 Å². The summed E-state index contributed by atoms with van der Waals surface area (Å²) >= 11 is 0. The molecule has 0 atom stereocenters. The third-order valence-corrected chi connectivity index (χ3v) is 2.65. The molecule has 20 heavy (non-hydrogen) atoms. The number of Topliss-reactive ketones (excluding diaryl/α,β-unsaturated/α-hetero) is 1. The largest absolute Gasteiger partial charge is 0.506 e. The zero-order valence-corrected chi connectivity index (χ0v) is 11.1. The van der Waals surface area contributed by atoms with Crippen molar-refractivity contribution in [2.45, 2.75) is 6.92 Å². The summed E-state index contributed by atoms with van der Waals surface area (Å²) < 4.78 is 5.31. The number of aliphatic imine (C=N–C) groups is 1. The Morgan fingerprint density at radius 1 is 1.20 bits per heavy atom. The van der Waals surface area contributed by atoms with Gasteiger partial charge < -0.3 is 9.84 Å². The van der Waals surface area contributed by atoms with Crippen LogP contribution in [0.3, 0.4) is 0 Å². The van der Waals surface area contributed by atoms with E-state index in [-0.39, 0.29) is 11.5 Å². The van der Waals surface area contributed by atoms with Crippen LogP contribution in [0, 0.1) is 0 Å². The molecule has 0 unspecified atom stereocenters. The molecule has 4 nitrogen and oxygen atoms in total. The predicted octanol–water partition coefficient (Wildman–Crippen LogP) is 3.38. The number of phenols is 1. The van der Waals surface area contributed by atoms with E-state index in [0.29, 0.717) is 17.9 Å². The molecule has 2 rings (SSSR count). The lowest BCUT2D eigenvalue weighted by atomic mass is 10.1. The molecule has 0 aromatic heterocycles. The number of rotatable bonds is 5. The highest BCUT2D eigenvalue weighted by Crippen LogP contribution is 2.24. The van der Waals surface area contributed by atoms with E-state index in [2.05, 4.69) is 4.99 Å². The van der Waals surface area contributed by atoms with Crippen LogP contribution in [0.25, 0.3) is 0 Å². The molecule has 0 bridgehead atoms. The first kappa shape index (κ1) is 13.8. The quantitative estimate of drug-likeness (QED) is 0.668. The molecule has 0 aliphatic heterocycles. The van der Waals surface area contributed by atoms with Crippen molar-refractivity contribution in [1.82, 2.24) is 0 Å². The number of phenolic OH excluding ortho intramolecular Hbond substituents is 1. The highest BCUT2D eigenvalue weighted by Gasteiger charge is 2.03. The third kappa shape index (κ3) is 3.45. The van der Waals surface area contributed by atoms with Crippen molar-refractivity contribution in [2.75, 3.05) is 6.61 Å². The summed E-state index contributed by atoms with van der Waals surface area (Å²) in [5.74, 6) is 0.543. The number of ether oxygens (including phenoxy) is 1. The van der Waals surface area contributed by atoms with Crippen molar-refractivity contribution in [3.63, 3.8) is 0 Å². The van der Waals surface area contributed by atoms with Gasteiger partial charge in [-0.1, -0.05) is 12.1 Å². The third-order valence-electron chi connectivity index (χ3n) is 2.65. The van der Waals surface area contributed by atoms with Crippen LogP contribution in [-0.4, -0.2) is 23.7 Å². The maximum atomic E-state index is 11.9. The molecule has 4 heteroatoms. The monoisotopic (exact) mass is 269 g/mol. The van der Waals surface area contributed by atoms with E-state index in [0.717, 1.165) is 5.75 Å². The minimum atomic E-state index is -0.226. The van der Waals surface area contributed by atoms with Crippen molar-refractivity contribution in [2.24, 2.45) is 4.99 Å². The molecule has 0 spiro atoms. The van der Waals surface area contributed by atoms with E-state index in [1.54, 1.807) is 42.5 Å². The van der Waals surface area contributed by atoms with Gasteiger partial charge in [-0.2, -0.15) is 0 Å². The Bertz CT molecular complexity index is 618. The number of aromatic hydroxyl groups is 1. The summed E-state index contributed by atoms with van der Waals surface area (Å²) in [6.07, 6.45) is 1.20. The van der Waals surface area contributed by atoms with Gasteiger partial charge in [-0.25, -0.2) is 4.99 Å². The molecule has 0 radical (unpaired) electrons. The summed E-state index contributed by atoms with van der Waals surface area (Å²) in [7, 11) is 0. The Labute approximate surface area is 117 Å². The first-order valence-electron chi connectivity index (χ1n) is 6.30. The topological polar surface area (TPSA) is 58.9 Å². The van der Waals surface area contributed by atoms with Crippen molar-refractivity contribution in [3.05, 3.63) is 54.1 Å². The maximum absolute atomic E-state index is 11.9. The first-order chi connectivity index (χ1) is 9.70. The van der Waals surface area contributed by atoms with Crippen molar-refractivity contribution < 1.29 is 14.6 Å². The molecule has 102 valence electrons. The van der Waals surface area contributed by atoms with Crippen LogP contribution in [0.1, 0.15) is 17.3 Å². The van der Waals surface area contributed by atoms with Gasteiger partial charge in [0.15, 0.2) is 0 Å². The lowest BCUT2D eigenvalue weighted by molar-refractivity contribution is 0.107. The summed E-state index contributed by atoms with van der Waals surface area (Å²) in [6, 6.07) is 13.4. The lowest BCUT2D eigenvalue weighted by Gasteiger charge is -2.02. The van der Waals surface area contributed by atoms with Crippen LogP contribution in [-0.2, 0) is 0 Å². The average molecular weight is 269 g/mol. The fraction of sp³-hybridized carbons (Fsp3) is 0.125. The second-order valence-electron chi connectivity index (χ2n) is 4.07. The smallest absolute Gasteiger partial charge is 0.204 e. The molecule has 0 fully saturated rings. The molecule has 0 aliphatic rings. The van der Waals surface area contributed by atoms with Gasteiger partial charge in [0.1, 0.15) is 17.2 Å². The number of carbonyl (C=O) groups excluding carboxylic acids is 1. The number of hydrogen-bond donors (Lipinski definition) is 1. The highest BCUT2D eigenvalue weighted by atomic mass is 16.5. The van der Waals surface area contributed by atoms with Gasteiger partial charge in [0.2, 0.25) is 5.78 Å². The minimum absolute atomic E-state index is 0.0447. The van der Waals surface area contributed by atoms with Crippen molar-refractivity contribution in [3.8, 4) is 11.5 Å². The second kappa shape index (κ2) is 6.52. The van der Waals surface area contributed by atoms with E-state index >= 15 is 0 Å². The molecule has 0 saturated carbocycles. The van der Waals surface area contributed by atoms with Gasteiger partial charge in [0.05, 0.1) is 12.8 Å². The van der Waals surface area contributed by atoms with Crippen LogP contribution in [0.2, 0.25) is 0 Å². The van der Waals surface area contributed by atoms with Gasteiger partial charge in [-0.05, 0) is 43.3 Å². The van der Waals surface area contributed by atoms with Crippen LogP contribution in [0.15, 0.2) is 53.5 Å². The summed E-state index contributed by atoms with van der Waals surface area (Å²) in [6.45, 7) is 2.49. The fourth-order valence-corrected chi connectivity index (χ4v) is 1.66. The Balaban J connectivity index is 2.10. The van der Waals surface area contributed by atoms with Gasteiger partial charge in [-0.15, -0.1) is 0 Å². The zero-order chi connectivity index (χ0) is 14.4. The Hall–Kier alpha value is -2.62.